The number of methoxy groups -OCH3 is 3. The molecule has 0 atom stereocenters. The molecule has 3 heteroatoms. The third-order valence-corrected chi connectivity index (χ3v) is 2.12. The summed E-state index contributed by atoms with van der Waals surface area (Å²) in [6, 6.07) is 5.97. The Hall–Kier alpha value is -1.22. The molecule has 0 fully saturated rings. The van der Waals surface area contributed by atoms with Gasteiger partial charge in [0, 0.05) is 20.3 Å². The van der Waals surface area contributed by atoms with E-state index in [9.17, 15) is 0 Å². The van der Waals surface area contributed by atoms with Crippen molar-refractivity contribution < 1.29 is 14.2 Å². The highest BCUT2D eigenvalue weighted by Crippen LogP contribution is 2.26. The third kappa shape index (κ3) is 6.17. The average molecular weight is 240 g/mol. The van der Waals surface area contributed by atoms with Crippen molar-refractivity contribution in [2.24, 2.45) is 5.92 Å². The van der Waals surface area contributed by atoms with Crippen LogP contribution in [0.15, 0.2) is 18.2 Å². The molecule has 0 spiro atoms. The Morgan fingerprint density at radius 3 is 2.00 bits per heavy atom. The molecule has 0 aliphatic carbocycles. The minimum absolute atomic E-state index is 0.636. The second-order valence-electron chi connectivity index (χ2n) is 4.18. The number of hydrogen-bond donors (Lipinski definition) is 0. The molecule has 0 bridgehead atoms. The topological polar surface area (TPSA) is 27.7 Å². The molecule has 17 heavy (non-hydrogen) atoms. The summed E-state index contributed by atoms with van der Waals surface area (Å²) in [5, 5.41) is 0. The molecule has 0 aromatic heterocycles. The van der Waals surface area contributed by atoms with Crippen LogP contribution in [0.4, 0.5) is 0 Å². The van der Waals surface area contributed by atoms with Crippen LogP contribution in [0.2, 0.25) is 0 Å². The first-order chi connectivity index (χ1) is 8.08. The second kappa shape index (κ2) is 8.88. The van der Waals surface area contributed by atoms with Gasteiger partial charge < -0.3 is 14.2 Å². The Balaban J connectivity index is 0.000000770. The Bertz CT molecular complexity index is 308. The molecule has 0 radical (unpaired) electrons. The molecule has 0 aliphatic rings. The van der Waals surface area contributed by atoms with Gasteiger partial charge in [0.05, 0.1) is 14.2 Å². The molecule has 0 saturated carbocycles. The van der Waals surface area contributed by atoms with E-state index in [1.165, 1.54) is 5.56 Å². The summed E-state index contributed by atoms with van der Waals surface area (Å²) in [5.74, 6) is 2.39. The van der Waals surface area contributed by atoms with E-state index in [1.807, 2.05) is 12.1 Å². The van der Waals surface area contributed by atoms with Crippen molar-refractivity contribution in [3.8, 4) is 11.5 Å². The SMILES string of the molecule is COC.COc1ccc(CC(C)C)c(OC)c1. The molecular formula is C14H24O3. The van der Waals surface area contributed by atoms with Crippen LogP contribution in [0.1, 0.15) is 19.4 Å². The van der Waals surface area contributed by atoms with Gasteiger partial charge >= 0.3 is 0 Å². The highest BCUT2D eigenvalue weighted by molar-refractivity contribution is 5.40. The summed E-state index contributed by atoms with van der Waals surface area (Å²) in [4.78, 5) is 0. The second-order valence-corrected chi connectivity index (χ2v) is 4.18. The van der Waals surface area contributed by atoms with Crippen molar-refractivity contribution in [3.63, 3.8) is 0 Å². The first-order valence-corrected chi connectivity index (χ1v) is 5.70. The quantitative estimate of drug-likeness (QED) is 0.809. The van der Waals surface area contributed by atoms with Crippen LogP contribution in [0.25, 0.3) is 0 Å². The Morgan fingerprint density at radius 1 is 1.00 bits per heavy atom. The van der Waals surface area contributed by atoms with Crippen LogP contribution >= 0.6 is 0 Å². The zero-order valence-electron chi connectivity index (χ0n) is 11.7. The van der Waals surface area contributed by atoms with E-state index in [0.29, 0.717) is 5.92 Å². The maximum absolute atomic E-state index is 5.31. The molecule has 3 nitrogen and oxygen atoms in total. The fraction of sp³-hybridized carbons (Fsp3) is 0.571. The average Bonchev–Trinajstić information content (AvgIpc) is 2.30. The van der Waals surface area contributed by atoms with Gasteiger partial charge in [-0.1, -0.05) is 19.9 Å². The van der Waals surface area contributed by atoms with Gasteiger partial charge in [-0.15, -0.1) is 0 Å². The highest BCUT2D eigenvalue weighted by Gasteiger charge is 2.06. The summed E-state index contributed by atoms with van der Waals surface area (Å²) in [5.41, 5.74) is 1.24. The van der Waals surface area contributed by atoms with E-state index in [2.05, 4.69) is 24.7 Å². The Kier molecular flexibility index (Phi) is 8.24. The summed E-state index contributed by atoms with van der Waals surface area (Å²) >= 11 is 0. The van der Waals surface area contributed by atoms with Gasteiger partial charge in [-0.3, -0.25) is 0 Å². The molecule has 0 aliphatic heterocycles. The number of rotatable bonds is 4. The van der Waals surface area contributed by atoms with Gasteiger partial charge in [-0.25, -0.2) is 0 Å². The van der Waals surface area contributed by atoms with Crippen LogP contribution < -0.4 is 9.47 Å². The number of hydrogen-bond acceptors (Lipinski definition) is 3. The fourth-order valence-corrected chi connectivity index (χ4v) is 1.46. The number of benzene rings is 1. The lowest BCUT2D eigenvalue weighted by atomic mass is 10.0. The third-order valence-electron chi connectivity index (χ3n) is 2.12. The first-order valence-electron chi connectivity index (χ1n) is 5.70. The maximum atomic E-state index is 5.31. The largest absolute Gasteiger partial charge is 0.497 e. The van der Waals surface area contributed by atoms with Gasteiger partial charge in [0.15, 0.2) is 0 Å². The van der Waals surface area contributed by atoms with E-state index in [4.69, 9.17) is 9.47 Å². The van der Waals surface area contributed by atoms with Crippen LogP contribution in [-0.2, 0) is 11.2 Å². The van der Waals surface area contributed by atoms with Crippen LogP contribution in [0.5, 0.6) is 11.5 Å². The van der Waals surface area contributed by atoms with Crippen LogP contribution in [0.3, 0.4) is 0 Å². The van der Waals surface area contributed by atoms with Crippen molar-refractivity contribution in [2.75, 3.05) is 28.4 Å². The summed E-state index contributed by atoms with van der Waals surface area (Å²) in [6.45, 7) is 4.40. The van der Waals surface area contributed by atoms with Crippen molar-refractivity contribution in [3.05, 3.63) is 23.8 Å². The van der Waals surface area contributed by atoms with Crippen molar-refractivity contribution in [1.82, 2.24) is 0 Å². The van der Waals surface area contributed by atoms with E-state index >= 15 is 0 Å². The Labute approximate surface area is 105 Å². The molecule has 0 saturated heterocycles. The summed E-state index contributed by atoms with van der Waals surface area (Å²) in [6.07, 6.45) is 1.03. The lowest BCUT2D eigenvalue weighted by molar-refractivity contribution is 0.277. The van der Waals surface area contributed by atoms with E-state index in [1.54, 1.807) is 28.4 Å². The zero-order valence-corrected chi connectivity index (χ0v) is 11.7. The predicted molar refractivity (Wildman–Crippen MR) is 71.0 cm³/mol. The molecule has 1 aromatic rings. The van der Waals surface area contributed by atoms with Crippen LogP contribution in [0, 0.1) is 5.92 Å². The van der Waals surface area contributed by atoms with E-state index in [-0.39, 0.29) is 0 Å². The smallest absolute Gasteiger partial charge is 0.125 e. The van der Waals surface area contributed by atoms with Crippen molar-refractivity contribution >= 4 is 0 Å². The minimum atomic E-state index is 0.636. The fourth-order valence-electron chi connectivity index (χ4n) is 1.46. The van der Waals surface area contributed by atoms with Gasteiger partial charge in [-0.05, 0) is 24.0 Å². The molecule has 1 aromatic carbocycles. The molecule has 0 N–H and O–H groups in total. The van der Waals surface area contributed by atoms with Gasteiger partial charge in [0.2, 0.25) is 0 Å². The minimum Gasteiger partial charge on any atom is -0.497 e. The van der Waals surface area contributed by atoms with Crippen LogP contribution in [-0.4, -0.2) is 28.4 Å². The van der Waals surface area contributed by atoms with E-state index < -0.39 is 0 Å². The first kappa shape index (κ1) is 15.8. The zero-order chi connectivity index (χ0) is 13.3. The molecule has 0 heterocycles. The van der Waals surface area contributed by atoms with Crippen molar-refractivity contribution in [1.29, 1.82) is 0 Å². The molecule has 98 valence electrons. The molecule has 0 amide bonds. The van der Waals surface area contributed by atoms with Crippen molar-refractivity contribution in [2.45, 2.75) is 20.3 Å². The standard InChI is InChI=1S/C12H18O2.C2H6O/c1-9(2)7-10-5-6-11(13-3)8-12(10)14-4;1-3-2/h5-6,8-9H,7H2,1-4H3;1-2H3. The maximum Gasteiger partial charge on any atom is 0.125 e. The predicted octanol–water partition coefficient (Wildman–Crippen LogP) is 3.16. The lowest BCUT2D eigenvalue weighted by Gasteiger charge is -2.11. The molecule has 0 unspecified atom stereocenters. The summed E-state index contributed by atoms with van der Waals surface area (Å²) in [7, 11) is 6.61. The van der Waals surface area contributed by atoms with Gasteiger partial charge in [-0.2, -0.15) is 0 Å². The van der Waals surface area contributed by atoms with E-state index in [0.717, 1.165) is 17.9 Å². The normalized spacial score (nSPS) is 9.59. The molecule has 1 rings (SSSR count). The highest BCUT2D eigenvalue weighted by atomic mass is 16.5. The van der Waals surface area contributed by atoms with Gasteiger partial charge in [0.1, 0.15) is 11.5 Å². The molecular weight excluding hydrogens is 216 g/mol. The monoisotopic (exact) mass is 240 g/mol. The van der Waals surface area contributed by atoms with Gasteiger partial charge in [0.25, 0.3) is 0 Å². The Morgan fingerprint density at radius 2 is 1.59 bits per heavy atom. The summed E-state index contributed by atoms with van der Waals surface area (Å²) < 4.78 is 14.7. The lowest BCUT2D eigenvalue weighted by Crippen LogP contribution is -1.98. The number of ether oxygens (including phenoxy) is 3.